The molecule has 1 spiro atoms. The number of nitrogens with zero attached hydrogens (tertiary/aromatic N) is 3. The molecular formula is C70H83N9O9. The number of H-pyrrole nitrogens is 1. The van der Waals surface area contributed by atoms with Gasteiger partial charge in [0.05, 0.1) is 47.5 Å². The van der Waals surface area contributed by atoms with Crippen molar-refractivity contribution in [3.63, 3.8) is 0 Å². The summed E-state index contributed by atoms with van der Waals surface area (Å²) in [7, 11) is 0. The minimum Gasteiger partial charge on any atom is -0.504 e. The van der Waals surface area contributed by atoms with E-state index in [1.807, 2.05) is 30.5 Å². The Labute approximate surface area is 514 Å². The van der Waals surface area contributed by atoms with Crippen LogP contribution in [0.3, 0.4) is 0 Å². The van der Waals surface area contributed by atoms with Crippen molar-refractivity contribution in [2.75, 3.05) is 13.2 Å². The standard InChI is InChI=1S/C70H83N9O9/c1-42(80)86-50-34-57(49-32-55(82)64(83)59(33-49)85-29-21-44-8-7-26-72-39-44)88-61(35-50)68-22-4-10-47-9-2-3-12-52(47)75-66(84)63-65(79-40-48-20-28-73-53(48)41-79)77-67(76-60-17-15-43-18-25-69(60,36-43)38-46-19-27-74-62(71)31-46)78-70(63)24-6-13-56(51(70)11-5-23-68)87-58-30-45(37-68)14-16-54(58)81/h7-8,14,16,19-20,26,28,30-33,39-41,43,47,50-52,56-57,60-61,63,65-66,73-75,81-84H,2-3,6,9,12-13,15,17-18,21-25,27,29,34-38,71H2,1H3,(H2,76,77,78). The van der Waals surface area contributed by atoms with Crippen LogP contribution in [0.25, 0.3) is 10.9 Å². The van der Waals surface area contributed by atoms with Crippen LogP contribution < -0.4 is 36.5 Å². The Bertz CT molecular complexity index is 3620. The predicted molar refractivity (Wildman–Crippen MR) is 332 cm³/mol. The highest BCUT2D eigenvalue weighted by Gasteiger charge is 2.60. The number of carbonyl (C=O) groups is 1. The van der Waals surface area contributed by atoms with E-state index in [1.54, 1.807) is 24.5 Å². The average molecular weight is 1190 g/mol. The number of dihydropyridines is 1. The molecule has 11 N–H and O–H groups in total. The maximum absolute atomic E-state index is 13.6. The fraction of sp³-hybridized carbons (Fsp3) is 0.529. The molecule has 4 saturated carbocycles. The zero-order valence-corrected chi connectivity index (χ0v) is 50.2. The van der Waals surface area contributed by atoms with Crippen LogP contribution in [0, 0.1) is 58.2 Å². The number of benzene rings is 2. The molecule has 15 atom stereocenters. The van der Waals surface area contributed by atoms with Crippen LogP contribution in [0.15, 0.2) is 108 Å². The molecule has 15 unspecified atom stereocenters. The lowest BCUT2D eigenvalue weighted by Gasteiger charge is -2.56. The van der Waals surface area contributed by atoms with Crippen molar-refractivity contribution in [3.8, 4) is 52.4 Å². The molecule has 2 aromatic carbocycles. The number of phenols is 3. The van der Waals surface area contributed by atoms with Gasteiger partial charge in [0.15, 0.2) is 29.0 Å². The van der Waals surface area contributed by atoms with Gasteiger partial charge in [-0.05, 0) is 153 Å². The van der Waals surface area contributed by atoms with Gasteiger partial charge in [0.2, 0.25) is 5.75 Å². The van der Waals surface area contributed by atoms with Gasteiger partial charge in [-0.1, -0.05) is 42.9 Å². The Kier molecular flexibility index (Phi) is 15.8. The molecular weight excluding hydrogens is 1110 g/mol. The van der Waals surface area contributed by atoms with E-state index < -0.39 is 65.6 Å². The molecule has 5 aliphatic heterocycles. The number of fused-ring (bicyclic) bond motifs is 8. The normalized spacial score (nSPS) is 34.1. The zero-order chi connectivity index (χ0) is 60.2. The van der Waals surface area contributed by atoms with Crippen LogP contribution in [-0.4, -0.2) is 102 Å². The first-order valence-electron chi connectivity index (χ1n) is 32.2. The fourth-order valence-corrected chi connectivity index (χ4v) is 17.1. The van der Waals surface area contributed by atoms with E-state index in [0.29, 0.717) is 80.5 Å². The van der Waals surface area contributed by atoms with Gasteiger partial charge in [0.1, 0.15) is 24.6 Å². The number of aromatic amines is 1. The second-order valence-electron chi connectivity index (χ2n) is 27.0. The first-order chi connectivity index (χ1) is 42.8. The molecule has 4 aliphatic carbocycles. The summed E-state index contributed by atoms with van der Waals surface area (Å²) in [6.07, 6.45) is 24.2. The van der Waals surface area contributed by atoms with E-state index in [-0.39, 0.29) is 59.4 Å². The number of phenolic OH excluding ortho intramolecular Hbond substituents is 3. The number of aromatic hydroxyl groups is 3. The second-order valence-corrected chi connectivity index (χ2v) is 27.0. The molecule has 1 saturated heterocycles. The smallest absolute Gasteiger partial charge is 0.302 e. The van der Waals surface area contributed by atoms with E-state index in [1.165, 1.54) is 25.0 Å². The molecule has 0 amide bonds. The van der Waals surface area contributed by atoms with E-state index in [4.69, 9.17) is 29.7 Å². The number of hydrogen-bond donors (Lipinski definition) is 10. The van der Waals surface area contributed by atoms with Crippen molar-refractivity contribution >= 4 is 22.8 Å². The third kappa shape index (κ3) is 11.4. The topological polar surface area (TPSA) is 255 Å². The van der Waals surface area contributed by atoms with Crippen LogP contribution >= 0.6 is 0 Å². The molecule has 9 aliphatic rings. The summed E-state index contributed by atoms with van der Waals surface area (Å²) in [6.45, 7) is 2.34. The minimum absolute atomic E-state index is 0.00759. The van der Waals surface area contributed by atoms with Crippen LogP contribution in [0.5, 0.6) is 28.7 Å². The van der Waals surface area contributed by atoms with Gasteiger partial charge in [0, 0.05) is 105 Å². The van der Waals surface area contributed by atoms with Crippen molar-refractivity contribution in [2.24, 2.45) is 45.2 Å². The third-order valence-electron chi connectivity index (χ3n) is 21.3. The van der Waals surface area contributed by atoms with Crippen molar-refractivity contribution in [1.82, 2.24) is 35.8 Å². The molecule has 5 fully saturated rings. The summed E-state index contributed by atoms with van der Waals surface area (Å²) >= 11 is 0. The zero-order valence-electron chi connectivity index (χ0n) is 50.2. The summed E-state index contributed by atoms with van der Waals surface area (Å²) < 4.78 is 29.3. The monoisotopic (exact) mass is 1190 g/mol. The number of allylic oxidation sites excluding steroid dienone is 2. The van der Waals surface area contributed by atoms with Gasteiger partial charge >= 0.3 is 5.97 Å². The van der Waals surface area contributed by atoms with Crippen LogP contribution in [0.4, 0.5) is 0 Å². The van der Waals surface area contributed by atoms with Crippen molar-refractivity contribution in [1.29, 1.82) is 0 Å². The summed E-state index contributed by atoms with van der Waals surface area (Å²) in [5.74, 6) is 15.4. The number of ether oxygens (including phenoxy) is 4. The van der Waals surface area contributed by atoms with Gasteiger partial charge < -0.3 is 70.6 Å². The van der Waals surface area contributed by atoms with Crippen molar-refractivity contribution in [3.05, 3.63) is 120 Å². The van der Waals surface area contributed by atoms with Crippen LogP contribution in [-0.2, 0) is 27.1 Å². The Morgan fingerprint density at radius 3 is 2.70 bits per heavy atom. The number of aliphatic imine (C=N–C) groups is 1. The van der Waals surface area contributed by atoms with E-state index >= 15 is 0 Å². The first-order valence-corrected chi connectivity index (χ1v) is 32.2. The first kappa shape index (κ1) is 57.9. The summed E-state index contributed by atoms with van der Waals surface area (Å²) in [5, 5.41) is 64.6. The average Bonchev–Trinajstić information content (AvgIpc) is 1.26. The number of aromatic nitrogens is 3. The van der Waals surface area contributed by atoms with Gasteiger partial charge in [-0.15, -0.1) is 11.8 Å². The third-order valence-corrected chi connectivity index (χ3v) is 21.3. The lowest BCUT2D eigenvalue weighted by Crippen LogP contribution is -2.73. The number of hydrogen-bond acceptors (Lipinski definition) is 16. The highest BCUT2D eigenvalue weighted by molar-refractivity contribution is 5.83. The molecule has 14 rings (SSSR count). The Balaban J connectivity index is 0.900. The number of guanidine groups is 1. The Hall–Kier alpha value is -7.77. The lowest BCUT2D eigenvalue weighted by molar-refractivity contribution is -0.174. The van der Waals surface area contributed by atoms with Crippen molar-refractivity contribution < 1.29 is 44.2 Å². The SMILES string of the molecule is CC(=O)OC1CC(c2cc(O)c(O)c(OCCc3cccnc3)c2)OC(C23CC#CC4CCCCC4NC(O)C4C(n5cc6cc[nH]c6c5)N=C(NC5CCC6CCC5(CC5=CCNC(N)=C5)C6)NC45CCCC(Oc4cc(ccc4O)C2)C5C#CC3)C1. The number of carbonyl (C=O) groups excluding carboxylic acids is 1. The number of nitrogens with one attached hydrogen (secondary N) is 5. The number of aliphatic hydroxyl groups is 1. The van der Waals surface area contributed by atoms with Crippen LogP contribution in [0.2, 0.25) is 0 Å². The summed E-state index contributed by atoms with van der Waals surface area (Å²) in [6, 6.07) is 14.6. The molecule has 6 bridgehead atoms. The molecule has 5 aromatic rings. The van der Waals surface area contributed by atoms with Gasteiger partial charge in [-0.2, -0.15) is 0 Å². The molecule has 18 heteroatoms. The Morgan fingerprint density at radius 2 is 1.85 bits per heavy atom. The lowest BCUT2D eigenvalue weighted by atomic mass is 9.62. The van der Waals surface area contributed by atoms with Gasteiger partial charge in [0.25, 0.3) is 0 Å². The van der Waals surface area contributed by atoms with E-state index in [9.17, 15) is 25.2 Å². The quantitative estimate of drug-likeness (QED) is 0.0336. The Morgan fingerprint density at radius 1 is 0.966 bits per heavy atom. The summed E-state index contributed by atoms with van der Waals surface area (Å²) in [4.78, 5) is 26.6. The maximum Gasteiger partial charge on any atom is 0.302 e. The summed E-state index contributed by atoms with van der Waals surface area (Å²) in [5.41, 5.74) is 9.16. The molecule has 88 heavy (non-hydrogen) atoms. The van der Waals surface area contributed by atoms with Gasteiger partial charge in [-0.25, -0.2) is 4.99 Å². The van der Waals surface area contributed by atoms with Gasteiger partial charge in [-0.3, -0.25) is 15.1 Å². The number of rotatable bonds is 11. The number of pyridine rings is 1. The highest BCUT2D eigenvalue weighted by Crippen LogP contribution is 2.56. The molecule has 0 radical (unpaired) electrons. The molecule has 18 nitrogen and oxygen atoms in total. The van der Waals surface area contributed by atoms with Crippen molar-refractivity contribution in [2.45, 2.75) is 183 Å². The molecule has 8 heterocycles. The largest absolute Gasteiger partial charge is 0.504 e. The number of nitrogens with two attached hydrogens (primary N) is 1. The van der Waals surface area contributed by atoms with Crippen LogP contribution in [0.1, 0.15) is 145 Å². The minimum atomic E-state index is -1.08. The fourth-order valence-electron chi connectivity index (χ4n) is 17.1. The maximum atomic E-state index is 13.6. The molecule has 462 valence electrons. The number of esters is 1. The highest BCUT2D eigenvalue weighted by atomic mass is 16.6. The second kappa shape index (κ2) is 24.0. The predicted octanol–water partition coefficient (Wildman–Crippen LogP) is 9.08. The number of aliphatic hydroxyl groups excluding tert-OH is 1. The van der Waals surface area contributed by atoms with E-state index in [0.717, 1.165) is 86.2 Å². The van der Waals surface area contributed by atoms with E-state index in [2.05, 4.69) is 90.1 Å². The molecule has 3 aromatic heterocycles.